The molecule has 0 bridgehead atoms. The number of nitrogens with one attached hydrogen (secondary N) is 3. The van der Waals surface area contributed by atoms with Crippen LogP contribution in [0.5, 0.6) is 0 Å². The van der Waals surface area contributed by atoms with Gasteiger partial charge in [0.05, 0.1) is 16.0 Å². The van der Waals surface area contributed by atoms with E-state index in [0.717, 1.165) is 0 Å². The van der Waals surface area contributed by atoms with Crippen molar-refractivity contribution in [2.24, 2.45) is 0 Å². The first-order valence-electron chi connectivity index (χ1n) is 8.56. The van der Waals surface area contributed by atoms with Crippen molar-refractivity contribution >= 4 is 50.6 Å². The lowest BCUT2D eigenvalue weighted by Crippen LogP contribution is -2.37. The van der Waals surface area contributed by atoms with Crippen LogP contribution in [0.2, 0.25) is 0 Å². The van der Waals surface area contributed by atoms with Crippen molar-refractivity contribution in [1.29, 1.82) is 0 Å². The highest BCUT2D eigenvalue weighted by atomic mass is 35.5. The number of rotatable bonds is 7. The lowest BCUT2D eigenvalue weighted by atomic mass is 10.1. The third kappa shape index (κ3) is 6.52. The van der Waals surface area contributed by atoms with Crippen LogP contribution in [-0.4, -0.2) is 20.5 Å². The van der Waals surface area contributed by atoms with Gasteiger partial charge in [0.2, 0.25) is 0 Å². The topological polar surface area (TPSA) is 87.3 Å². The number of sulfonamides is 1. The van der Waals surface area contributed by atoms with Crippen LogP contribution in [0.1, 0.15) is 13.8 Å². The predicted octanol–water partition coefficient (Wildman–Crippen LogP) is 5.26. The van der Waals surface area contributed by atoms with E-state index >= 15 is 0 Å². The molecule has 0 aromatic heterocycles. The summed E-state index contributed by atoms with van der Waals surface area (Å²) in [6.45, 7) is 7.16. The molecule has 9 heteroatoms. The molecule has 2 aromatic carbocycles. The molecule has 1 atom stereocenters. The second-order valence-corrected chi connectivity index (χ2v) is 8.82. The standard InChI is InChI=1S/C20H21Cl2N3O3S/c1-13(19(22)14(2)21)15(3)23-20(26)24-16-9-11-18(12-10-16)29(27,28)25-17-7-5-4-6-8-17/h4-12,15,25H,1H2,2-3H3,(H2,23,24,26)/b19-14-/t15-/m0/s1. The summed E-state index contributed by atoms with van der Waals surface area (Å²) < 4.78 is 27.3. The second-order valence-electron chi connectivity index (χ2n) is 6.19. The van der Waals surface area contributed by atoms with Crippen LogP contribution in [-0.2, 0) is 10.0 Å². The fraction of sp³-hybridized carbons (Fsp3) is 0.150. The van der Waals surface area contributed by atoms with Crippen molar-refractivity contribution in [3.63, 3.8) is 0 Å². The van der Waals surface area contributed by atoms with E-state index in [1.807, 2.05) is 0 Å². The normalized spacial score (nSPS) is 13.1. The fourth-order valence-electron chi connectivity index (χ4n) is 2.30. The lowest BCUT2D eigenvalue weighted by Gasteiger charge is -2.17. The summed E-state index contributed by atoms with van der Waals surface area (Å²) in [7, 11) is -3.73. The molecular weight excluding hydrogens is 433 g/mol. The first kappa shape index (κ1) is 22.8. The summed E-state index contributed by atoms with van der Waals surface area (Å²) in [5, 5.41) is 5.98. The van der Waals surface area contributed by atoms with Gasteiger partial charge in [-0.25, -0.2) is 13.2 Å². The SMILES string of the molecule is C=C(/C(Cl)=C(\C)Cl)[C@H](C)NC(=O)Nc1ccc(S(=O)(=O)Nc2ccccc2)cc1. The largest absolute Gasteiger partial charge is 0.331 e. The molecule has 0 heterocycles. The highest BCUT2D eigenvalue weighted by molar-refractivity contribution is 7.92. The molecule has 0 unspecified atom stereocenters. The molecule has 0 saturated heterocycles. The van der Waals surface area contributed by atoms with E-state index in [-0.39, 0.29) is 4.90 Å². The molecule has 154 valence electrons. The Labute approximate surface area is 180 Å². The Balaban J connectivity index is 2.00. The quantitative estimate of drug-likeness (QED) is 0.499. The molecule has 0 saturated carbocycles. The van der Waals surface area contributed by atoms with Gasteiger partial charge in [0.25, 0.3) is 10.0 Å². The molecule has 3 N–H and O–H groups in total. The number of carbonyl (C=O) groups excluding carboxylic acids is 1. The molecule has 0 aliphatic carbocycles. The number of hydrogen-bond donors (Lipinski definition) is 3. The monoisotopic (exact) mass is 453 g/mol. The van der Waals surface area contributed by atoms with Crippen LogP contribution in [0.25, 0.3) is 0 Å². The Bertz CT molecular complexity index is 1020. The summed E-state index contributed by atoms with van der Waals surface area (Å²) in [6.07, 6.45) is 0. The molecule has 0 radical (unpaired) electrons. The highest BCUT2D eigenvalue weighted by Crippen LogP contribution is 2.23. The van der Waals surface area contributed by atoms with Gasteiger partial charge < -0.3 is 10.6 Å². The number of urea groups is 1. The lowest BCUT2D eigenvalue weighted by molar-refractivity contribution is 0.250. The first-order chi connectivity index (χ1) is 13.6. The minimum Gasteiger partial charge on any atom is -0.331 e. The van der Waals surface area contributed by atoms with Gasteiger partial charge in [0, 0.05) is 16.4 Å². The van der Waals surface area contributed by atoms with Crippen LogP contribution < -0.4 is 15.4 Å². The van der Waals surface area contributed by atoms with Gasteiger partial charge in [-0.15, -0.1) is 0 Å². The number of amides is 2. The van der Waals surface area contributed by atoms with E-state index < -0.39 is 22.1 Å². The number of allylic oxidation sites excluding steroid dienone is 1. The van der Waals surface area contributed by atoms with E-state index in [1.165, 1.54) is 24.3 Å². The molecule has 2 amide bonds. The maximum absolute atomic E-state index is 12.4. The second kappa shape index (κ2) is 9.82. The maximum Gasteiger partial charge on any atom is 0.319 e. The number of para-hydroxylation sites is 1. The van der Waals surface area contributed by atoms with Crippen molar-refractivity contribution in [1.82, 2.24) is 5.32 Å². The van der Waals surface area contributed by atoms with Gasteiger partial charge in [0.1, 0.15) is 0 Å². The van der Waals surface area contributed by atoms with Crippen LogP contribution in [0.3, 0.4) is 0 Å². The number of hydrogen-bond acceptors (Lipinski definition) is 3. The molecule has 2 rings (SSSR count). The summed E-state index contributed by atoms with van der Waals surface area (Å²) >= 11 is 11.9. The van der Waals surface area contributed by atoms with E-state index in [9.17, 15) is 13.2 Å². The zero-order valence-electron chi connectivity index (χ0n) is 15.9. The minimum atomic E-state index is -3.73. The molecular formula is C20H21Cl2N3O3S. The molecule has 2 aromatic rings. The van der Waals surface area contributed by atoms with E-state index in [2.05, 4.69) is 21.9 Å². The van der Waals surface area contributed by atoms with Crippen molar-refractivity contribution in [2.75, 3.05) is 10.0 Å². The summed E-state index contributed by atoms with van der Waals surface area (Å²) in [5.41, 5.74) is 1.36. The highest BCUT2D eigenvalue weighted by Gasteiger charge is 2.16. The number of anilines is 2. The average Bonchev–Trinajstić information content (AvgIpc) is 2.67. The van der Waals surface area contributed by atoms with Crippen molar-refractivity contribution < 1.29 is 13.2 Å². The summed E-state index contributed by atoms with van der Waals surface area (Å²) in [5.74, 6) is 0. The molecule has 0 aliphatic heterocycles. The van der Waals surface area contributed by atoms with Gasteiger partial charge in [0.15, 0.2) is 0 Å². The van der Waals surface area contributed by atoms with E-state index in [0.29, 0.717) is 27.0 Å². The zero-order valence-corrected chi connectivity index (χ0v) is 18.2. The Morgan fingerprint density at radius 2 is 1.59 bits per heavy atom. The van der Waals surface area contributed by atoms with Gasteiger partial charge >= 0.3 is 6.03 Å². The summed E-state index contributed by atoms with van der Waals surface area (Å²) in [6, 6.07) is 13.4. The Morgan fingerprint density at radius 1 is 1.00 bits per heavy atom. The van der Waals surface area contributed by atoms with Gasteiger partial charge in [-0.3, -0.25) is 4.72 Å². The summed E-state index contributed by atoms with van der Waals surface area (Å²) in [4.78, 5) is 12.2. The van der Waals surface area contributed by atoms with Gasteiger partial charge in [-0.05, 0) is 55.8 Å². The molecule has 0 aliphatic rings. The number of halogens is 2. The molecule has 29 heavy (non-hydrogen) atoms. The first-order valence-corrected chi connectivity index (χ1v) is 10.8. The molecule has 6 nitrogen and oxygen atoms in total. The van der Waals surface area contributed by atoms with Gasteiger partial charge in [-0.1, -0.05) is 48.0 Å². The Morgan fingerprint density at radius 3 is 2.14 bits per heavy atom. The Kier molecular flexibility index (Phi) is 7.73. The smallest absolute Gasteiger partial charge is 0.319 e. The van der Waals surface area contributed by atoms with Crippen LogP contribution >= 0.6 is 23.2 Å². The zero-order chi connectivity index (χ0) is 21.6. The molecule has 0 spiro atoms. The van der Waals surface area contributed by atoms with Crippen molar-refractivity contribution in [2.45, 2.75) is 24.8 Å². The number of carbonyl (C=O) groups is 1. The van der Waals surface area contributed by atoms with Gasteiger partial charge in [-0.2, -0.15) is 0 Å². The average molecular weight is 454 g/mol. The van der Waals surface area contributed by atoms with Crippen LogP contribution in [0, 0.1) is 0 Å². The fourth-order valence-corrected chi connectivity index (χ4v) is 3.64. The van der Waals surface area contributed by atoms with Crippen LogP contribution in [0.4, 0.5) is 16.2 Å². The predicted molar refractivity (Wildman–Crippen MR) is 119 cm³/mol. The van der Waals surface area contributed by atoms with E-state index in [4.69, 9.17) is 23.2 Å². The van der Waals surface area contributed by atoms with E-state index in [1.54, 1.807) is 44.2 Å². The van der Waals surface area contributed by atoms with Crippen molar-refractivity contribution in [3.05, 3.63) is 76.8 Å². The van der Waals surface area contributed by atoms with Crippen molar-refractivity contribution in [3.8, 4) is 0 Å². The molecule has 0 fully saturated rings. The number of benzene rings is 2. The third-order valence-electron chi connectivity index (χ3n) is 3.90. The third-order valence-corrected chi connectivity index (χ3v) is 6.11. The van der Waals surface area contributed by atoms with Crippen LogP contribution in [0.15, 0.2) is 81.7 Å². The Hall–Kier alpha value is -2.48. The maximum atomic E-state index is 12.4. The minimum absolute atomic E-state index is 0.0727.